The number of ether oxygens (including phenoxy) is 1. The quantitative estimate of drug-likeness (QED) is 0.894. The molecule has 1 saturated carbocycles. The van der Waals surface area contributed by atoms with E-state index in [-0.39, 0.29) is 0 Å². The molecule has 1 aromatic carbocycles. The minimum atomic E-state index is 0.398. The maximum absolute atomic E-state index is 5.95. The van der Waals surface area contributed by atoms with Gasteiger partial charge in [-0.15, -0.1) is 0 Å². The summed E-state index contributed by atoms with van der Waals surface area (Å²) >= 11 is 0. The van der Waals surface area contributed by atoms with Crippen LogP contribution in [-0.4, -0.2) is 11.1 Å². The van der Waals surface area contributed by atoms with Crippen molar-refractivity contribution < 1.29 is 4.74 Å². The second-order valence-corrected chi connectivity index (χ2v) is 4.55. The molecule has 0 aliphatic heterocycles. The zero-order valence-electron chi connectivity index (χ0n) is 10.2. The van der Waals surface area contributed by atoms with Crippen LogP contribution >= 0.6 is 0 Å². The standard InChI is InChI=1S/C15H16N2O/c16-9-11-10-17-8-7-13(11)14-3-1-2-4-15(14)18-12-5-6-12/h1-4,7-8,10,12H,5-6,9,16H2. The number of hydrogen-bond acceptors (Lipinski definition) is 3. The Labute approximate surface area is 107 Å². The van der Waals surface area contributed by atoms with Gasteiger partial charge < -0.3 is 10.5 Å². The van der Waals surface area contributed by atoms with Crippen LogP contribution in [0.15, 0.2) is 42.7 Å². The van der Waals surface area contributed by atoms with Gasteiger partial charge in [-0.3, -0.25) is 4.98 Å². The molecule has 1 fully saturated rings. The van der Waals surface area contributed by atoms with Gasteiger partial charge in [0.25, 0.3) is 0 Å². The lowest BCUT2D eigenvalue weighted by molar-refractivity contribution is 0.304. The molecule has 0 unspecified atom stereocenters. The van der Waals surface area contributed by atoms with Crippen molar-refractivity contribution >= 4 is 0 Å². The van der Waals surface area contributed by atoms with Crippen molar-refractivity contribution in [2.45, 2.75) is 25.5 Å². The molecule has 92 valence electrons. The molecule has 3 heteroatoms. The van der Waals surface area contributed by atoms with E-state index in [2.05, 4.69) is 11.1 Å². The first-order valence-electron chi connectivity index (χ1n) is 6.27. The zero-order chi connectivity index (χ0) is 12.4. The maximum Gasteiger partial charge on any atom is 0.127 e. The largest absolute Gasteiger partial charge is 0.490 e. The topological polar surface area (TPSA) is 48.1 Å². The van der Waals surface area contributed by atoms with E-state index in [1.54, 1.807) is 6.20 Å². The number of nitrogens with zero attached hydrogens (tertiary/aromatic N) is 1. The first-order chi connectivity index (χ1) is 8.88. The highest BCUT2D eigenvalue weighted by atomic mass is 16.5. The molecule has 2 N–H and O–H groups in total. The van der Waals surface area contributed by atoms with Crippen LogP contribution < -0.4 is 10.5 Å². The Kier molecular flexibility index (Phi) is 2.99. The molecule has 3 rings (SSSR count). The highest BCUT2D eigenvalue weighted by Crippen LogP contribution is 2.35. The van der Waals surface area contributed by atoms with Crippen molar-refractivity contribution in [2.24, 2.45) is 5.73 Å². The molecule has 0 radical (unpaired) electrons. The Bertz CT molecular complexity index is 550. The third-order valence-electron chi connectivity index (χ3n) is 3.12. The Morgan fingerprint density at radius 2 is 2.00 bits per heavy atom. The lowest BCUT2D eigenvalue weighted by atomic mass is 10.0. The molecule has 1 heterocycles. The second kappa shape index (κ2) is 4.78. The normalized spacial score (nSPS) is 14.5. The molecule has 18 heavy (non-hydrogen) atoms. The first kappa shape index (κ1) is 11.2. The average Bonchev–Trinajstić information content (AvgIpc) is 3.23. The number of aromatic nitrogens is 1. The molecule has 0 saturated heterocycles. The van der Waals surface area contributed by atoms with E-state index in [4.69, 9.17) is 10.5 Å². The summed E-state index contributed by atoms with van der Waals surface area (Å²) in [4.78, 5) is 4.12. The summed E-state index contributed by atoms with van der Waals surface area (Å²) in [5.41, 5.74) is 9.04. The van der Waals surface area contributed by atoms with Gasteiger partial charge in [-0.2, -0.15) is 0 Å². The minimum Gasteiger partial charge on any atom is -0.490 e. The Morgan fingerprint density at radius 1 is 1.17 bits per heavy atom. The van der Waals surface area contributed by atoms with Gasteiger partial charge in [0.1, 0.15) is 5.75 Å². The summed E-state index contributed by atoms with van der Waals surface area (Å²) in [5.74, 6) is 0.945. The van der Waals surface area contributed by atoms with E-state index in [9.17, 15) is 0 Å². The molecule has 1 aliphatic rings. The van der Waals surface area contributed by atoms with Gasteiger partial charge in [0, 0.05) is 24.5 Å². The molecule has 1 aliphatic carbocycles. The fraction of sp³-hybridized carbons (Fsp3) is 0.267. The van der Waals surface area contributed by atoms with Crippen LogP contribution in [0.5, 0.6) is 5.75 Å². The van der Waals surface area contributed by atoms with E-state index in [0.29, 0.717) is 12.6 Å². The van der Waals surface area contributed by atoms with Crippen molar-refractivity contribution in [1.82, 2.24) is 4.98 Å². The second-order valence-electron chi connectivity index (χ2n) is 4.55. The third kappa shape index (κ3) is 2.22. The van der Waals surface area contributed by atoms with E-state index in [1.807, 2.05) is 30.5 Å². The predicted molar refractivity (Wildman–Crippen MR) is 71.2 cm³/mol. The van der Waals surface area contributed by atoms with Crippen molar-refractivity contribution in [1.29, 1.82) is 0 Å². The maximum atomic E-state index is 5.95. The van der Waals surface area contributed by atoms with Crippen LogP contribution in [0.3, 0.4) is 0 Å². The first-order valence-corrected chi connectivity index (χ1v) is 6.27. The average molecular weight is 240 g/mol. The molecule has 0 atom stereocenters. The van der Waals surface area contributed by atoms with Gasteiger partial charge in [0.05, 0.1) is 6.10 Å². The van der Waals surface area contributed by atoms with E-state index >= 15 is 0 Å². The number of benzene rings is 1. The van der Waals surface area contributed by atoms with Crippen LogP contribution in [0.4, 0.5) is 0 Å². The monoisotopic (exact) mass is 240 g/mol. The molecule has 0 spiro atoms. The Balaban J connectivity index is 2.04. The van der Waals surface area contributed by atoms with Gasteiger partial charge in [0.15, 0.2) is 0 Å². The molecular formula is C15H16N2O. The molecule has 0 bridgehead atoms. The minimum absolute atomic E-state index is 0.398. The van der Waals surface area contributed by atoms with Gasteiger partial charge in [0.2, 0.25) is 0 Å². The highest BCUT2D eigenvalue weighted by Gasteiger charge is 2.24. The summed E-state index contributed by atoms with van der Waals surface area (Å²) in [7, 11) is 0. The molecular weight excluding hydrogens is 224 g/mol. The zero-order valence-corrected chi connectivity index (χ0v) is 10.2. The molecule has 0 amide bonds. The summed E-state index contributed by atoms with van der Waals surface area (Å²) < 4.78 is 5.95. The van der Waals surface area contributed by atoms with Crippen LogP contribution in [-0.2, 0) is 6.54 Å². The van der Waals surface area contributed by atoms with Gasteiger partial charge in [-0.1, -0.05) is 18.2 Å². The fourth-order valence-electron chi connectivity index (χ4n) is 2.01. The number of para-hydroxylation sites is 1. The number of nitrogens with two attached hydrogens (primary N) is 1. The number of pyridine rings is 1. The van der Waals surface area contributed by atoms with Gasteiger partial charge >= 0.3 is 0 Å². The summed E-state index contributed by atoms with van der Waals surface area (Å²) in [6.45, 7) is 0.487. The predicted octanol–water partition coefficient (Wildman–Crippen LogP) is 2.75. The van der Waals surface area contributed by atoms with Crippen molar-refractivity contribution in [2.75, 3.05) is 0 Å². The lowest BCUT2D eigenvalue weighted by Crippen LogP contribution is -2.02. The van der Waals surface area contributed by atoms with Crippen molar-refractivity contribution in [3.05, 3.63) is 48.3 Å². The van der Waals surface area contributed by atoms with Gasteiger partial charge in [-0.05, 0) is 36.1 Å². The Hall–Kier alpha value is -1.87. The van der Waals surface area contributed by atoms with Crippen molar-refractivity contribution in [3.8, 4) is 16.9 Å². The molecule has 3 nitrogen and oxygen atoms in total. The van der Waals surface area contributed by atoms with E-state index in [0.717, 1.165) is 35.3 Å². The fourth-order valence-corrected chi connectivity index (χ4v) is 2.01. The van der Waals surface area contributed by atoms with Crippen molar-refractivity contribution in [3.63, 3.8) is 0 Å². The van der Waals surface area contributed by atoms with Crippen LogP contribution in [0.25, 0.3) is 11.1 Å². The number of hydrogen-bond donors (Lipinski definition) is 1. The van der Waals surface area contributed by atoms with Crippen LogP contribution in [0, 0.1) is 0 Å². The third-order valence-corrected chi connectivity index (χ3v) is 3.12. The molecule has 1 aromatic heterocycles. The van der Waals surface area contributed by atoms with Crippen LogP contribution in [0.1, 0.15) is 18.4 Å². The molecule has 2 aromatic rings. The highest BCUT2D eigenvalue weighted by molar-refractivity contribution is 5.72. The Morgan fingerprint density at radius 3 is 2.78 bits per heavy atom. The summed E-state index contributed by atoms with van der Waals surface area (Å²) in [5, 5.41) is 0. The van der Waals surface area contributed by atoms with E-state index < -0.39 is 0 Å². The number of rotatable bonds is 4. The smallest absolute Gasteiger partial charge is 0.127 e. The van der Waals surface area contributed by atoms with Crippen LogP contribution in [0.2, 0.25) is 0 Å². The van der Waals surface area contributed by atoms with Gasteiger partial charge in [-0.25, -0.2) is 0 Å². The van der Waals surface area contributed by atoms with E-state index in [1.165, 1.54) is 0 Å². The SMILES string of the molecule is NCc1cnccc1-c1ccccc1OC1CC1. The summed E-state index contributed by atoms with van der Waals surface area (Å²) in [6.07, 6.45) is 6.34. The summed E-state index contributed by atoms with van der Waals surface area (Å²) in [6, 6.07) is 10.1. The lowest BCUT2D eigenvalue weighted by Gasteiger charge is -2.13.